The van der Waals surface area contributed by atoms with Crippen LogP contribution in [0.1, 0.15) is 43.9 Å². The highest BCUT2D eigenvalue weighted by Gasteiger charge is 2.40. The summed E-state index contributed by atoms with van der Waals surface area (Å²) in [4.78, 5) is 15.3. The molecule has 0 aliphatic heterocycles. The van der Waals surface area contributed by atoms with E-state index in [2.05, 4.69) is 29.3 Å². The number of carboxylic acid groups (broad SMARTS) is 1. The molecule has 1 saturated carbocycles. The molecule has 1 heterocycles. The molecule has 106 valence electrons. The molecule has 4 heteroatoms. The van der Waals surface area contributed by atoms with Gasteiger partial charge in [-0.3, -0.25) is 9.69 Å². The molecule has 1 aromatic rings. The third-order valence-corrected chi connectivity index (χ3v) is 5.06. The van der Waals surface area contributed by atoms with Crippen molar-refractivity contribution in [2.75, 3.05) is 13.1 Å². The van der Waals surface area contributed by atoms with Crippen molar-refractivity contribution >= 4 is 17.3 Å². The van der Waals surface area contributed by atoms with Gasteiger partial charge in [-0.1, -0.05) is 32.3 Å². The molecule has 0 radical (unpaired) electrons. The van der Waals surface area contributed by atoms with Crippen molar-refractivity contribution in [3.8, 4) is 0 Å². The van der Waals surface area contributed by atoms with Crippen LogP contribution in [0.5, 0.6) is 0 Å². The summed E-state index contributed by atoms with van der Waals surface area (Å²) in [7, 11) is 0. The van der Waals surface area contributed by atoms with Gasteiger partial charge < -0.3 is 5.11 Å². The molecule has 0 unspecified atom stereocenters. The minimum absolute atomic E-state index is 0.508. The zero-order chi connectivity index (χ0) is 13.7. The Morgan fingerprint density at radius 1 is 1.42 bits per heavy atom. The normalized spacial score (nSPS) is 18.6. The molecule has 1 aromatic heterocycles. The first kappa shape index (κ1) is 14.5. The Morgan fingerprint density at radius 2 is 2.16 bits per heavy atom. The van der Waals surface area contributed by atoms with Gasteiger partial charge in [-0.2, -0.15) is 0 Å². The van der Waals surface area contributed by atoms with Crippen molar-refractivity contribution in [2.45, 2.75) is 45.6 Å². The van der Waals surface area contributed by atoms with Gasteiger partial charge in [0.1, 0.15) is 0 Å². The molecule has 0 aromatic carbocycles. The van der Waals surface area contributed by atoms with Crippen molar-refractivity contribution in [1.82, 2.24) is 4.90 Å². The van der Waals surface area contributed by atoms with Crippen molar-refractivity contribution < 1.29 is 9.90 Å². The summed E-state index contributed by atoms with van der Waals surface area (Å²) in [6, 6.07) is 4.18. The third kappa shape index (κ3) is 3.57. The second kappa shape index (κ2) is 6.53. The zero-order valence-electron chi connectivity index (χ0n) is 11.6. The van der Waals surface area contributed by atoms with Gasteiger partial charge in [0, 0.05) is 18.0 Å². The Balaban J connectivity index is 2.03. The van der Waals surface area contributed by atoms with Crippen LogP contribution in [0.3, 0.4) is 0 Å². The Hall–Kier alpha value is -0.870. The molecule has 1 aliphatic carbocycles. The maximum Gasteiger partial charge on any atom is 0.310 e. The number of thiophene rings is 1. The molecule has 0 bridgehead atoms. The van der Waals surface area contributed by atoms with Crippen LogP contribution in [0.25, 0.3) is 0 Å². The fourth-order valence-corrected chi connectivity index (χ4v) is 3.74. The van der Waals surface area contributed by atoms with E-state index in [-0.39, 0.29) is 0 Å². The monoisotopic (exact) mass is 281 g/mol. The molecular formula is C15H23NO2S. The summed E-state index contributed by atoms with van der Waals surface area (Å²) in [5.41, 5.74) is -0.508. The largest absolute Gasteiger partial charge is 0.481 e. The lowest BCUT2D eigenvalue weighted by atomic mass is 9.73. The molecule has 19 heavy (non-hydrogen) atoms. The van der Waals surface area contributed by atoms with Crippen molar-refractivity contribution in [1.29, 1.82) is 0 Å². The average molecular weight is 281 g/mol. The van der Waals surface area contributed by atoms with E-state index in [1.807, 2.05) is 0 Å². The summed E-state index contributed by atoms with van der Waals surface area (Å²) in [6.07, 6.45) is 4.98. The van der Waals surface area contributed by atoms with Crippen LogP contribution in [-0.4, -0.2) is 29.1 Å². The SMILES string of the molecule is CCN(Cc1cccs1)CC1(C(=O)O)CCCCC1. The Bertz CT molecular complexity index is 396. The summed E-state index contributed by atoms with van der Waals surface area (Å²) < 4.78 is 0. The van der Waals surface area contributed by atoms with Gasteiger partial charge >= 0.3 is 5.97 Å². The maximum absolute atomic E-state index is 11.7. The van der Waals surface area contributed by atoms with Crippen LogP contribution < -0.4 is 0 Å². The summed E-state index contributed by atoms with van der Waals surface area (Å²) in [5.74, 6) is -0.600. The van der Waals surface area contributed by atoms with Gasteiger partial charge in [-0.15, -0.1) is 11.3 Å². The van der Waals surface area contributed by atoms with Gasteiger partial charge in [0.15, 0.2) is 0 Å². The number of nitrogens with zero attached hydrogens (tertiary/aromatic N) is 1. The summed E-state index contributed by atoms with van der Waals surface area (Å²) >= 11 is 1.75. The number of rotatable bonds is 6. The van der Waals surface area contributed by atoms with Crippen LogP contribution >= 0.6 is 11.3 Å². The highest BCUT2D eigenvalue weighted by molar-refractivity contribution is 7.09. The highest BCUT2D eigenvalue weighted by Crippen LogP contribution is 2.37. The molecular weight excluding hydrogens is 258 g/mol. The number of hydrogen-bond donors (Lipinski definition) is 1. The molecule has 3 nitrogen and oxygen atoms in total. The van der Waals surface area contributed by atoms with Crippen LogP contribution in [0, 0.1) is 5.41 Å². The topological polar surface area (TPSA) is 40.5 Å². The van der Waals surface area contributed by atoms with Crippen molar-refractivity contribution in [3.05, 3.63) is 22.4 Å². The van der Waals surface area contributed by atoms with Gasteiger partial charge in [0.2, 0.25) is 0 Å². The van der Waals surface area contributed by atoms with Crippen LogP contribution in [-0.2, 0) is 11.3 Å². The van der Waals surface area contributed by atoms with Gasteiger partial charge in [-0.05, 0) is 30.8 Å². The standard InChI is InChI=1S/C15H23NO2S/c1-2-16(11-13-7-6-10-19-13)12-15(14(17)18)8-4-3-5-9-15/h6-7,10H,2-5,8-9,11-12H2,1H3,(H,17,18). The second-order valence-electron chi connectivity index (χ2n) is 5.53. The second-order valence-corrected chi connectivity index (χ2v) is 6.56. The quantitative estimate of drug-likeness (QED) is 0.866. The molecule has 1 N–H and O–H groups in total. The van der Waals surface area contributed by atoms with E-state index < -0.39 is 11.4 Å². The predicted octanol–water partition coefficient (Wildman–Crippen LogP) is 3.61. The van der Waals surface area contributed by atoms with E-state index >= 15 is 0 Å². The van der Waals surface area contributed by atoms with E-state index in [1.165, 1.54) is 11.3 Å². The number of aliphatic carboxylic acids is 1. The molecule has 0 saturated heterocycles. The number of hydrogen-bond acceptors (Lipinski definition) is 3. The molecule has 0 atom stereocenters. The summed E-state index contributed by atoms with van der Waals surface area (Å²) in [5, 5.41) is 11.7. The van der Waals surface area contributed by atoms with Crippen LogP contribution in [0.15, 0.2) is 17.5 Å². The lowest BCUT2D eigenvalue weighted by molar-refractivity contribution is -0.152. The van der Waals surface area contributed by atoms with E-state index in [0.717, 1.165) is 38.8 Å². The lowest BCUT2D eigenvalue weighted by Crippen LogP contribution is -2.44. The van der Waals surface area contributed by atoms with E-state index in [9.17, 15) is 9.90 Å². The predicted molar refractivity (Wildman–Crippen MR) is 78.4 cm³/mol. The van der Waals surface area contributed by atoms with E-state index in [4.69, 9.17) is 0 Å². The Kier molecular flexibility index (Phi) is 4.99. The van der Waals surface area contributed by atoms with E-state index in [1.54, 1.807) is 11.3 Å². The van der Waals surface area contributed by atoms with Crippen molar-refractivity contribution in [2.24, 2.45) is 5.41 Å². The van der Waals surface area contributed by atoms with Gasteiger partial charge in [0.25, 0.3) is 0 Å². The number of carbonyl (C=O) groups is 1. The fourth-order valence-electron chi connectivity index (χ4n) is 3.00. The molecule has 1 fully saturated rings. The van der Waals surface area contributed by atoms with Gasteiger partial charge in [-0.25, -0.2) is 0 Å². The molecule has 0 spiro atoms. The molecule has 2 rings (SSSR count). The Labute approximate surface area is 119 Å². The first-order chi connectivity index (χ1) is 9.16. The minimum Gasteiger partial charge on any atom is -0.481 e. The van der Waals surface area contributed by atoms with E-state index in [0.29, 0.717) is 6.54 Å². The highest BCUT2D eigenvalue weighted by atomic mass is 32.1. The average Bonchev–Trinajstić information content (AvgIpc) is 2.92. The van der Waals surface area contributed by atoms with Gasteiger partial charge in [0.05, 0.1) is 5.41 Å². The summed E-state index contributed by atoms with van der Waals surface area (Å²) in [6.45, 7) is 4.60. The molecule has 1 aliphatic rings. The van der Waals surface area contributed by atoms with Crippen LogP contribution in [0.4, 0.5) is 0 Å². The lowest BCUT2D eigenvalue weighted by Gasteiger charge is -2.37. The first-order valence-corrected chi connectivity index (χ1v) is 8.02. The first-order valence-electron chi connectivity index (χ1n) is 7.14. The fraction of sp³-hybridized carbons (Fsp3) is 0.667. The number of carboxylic acids is 1. The zero-order valence-corrected chi connectivity index (χ0v) is 12.4. The maximum atomic E-state index is 11.7. The minimum atomic E-state index is -0.600. The van der Waals surface area contributed by atoms with Crippen molar-refractivity contribution in [3.63, 3.8) is 0 Å². The Morgan fingerprint density at radius 3 is 2.68 bits per heavy atom. The molecule has 0 amide bonds. The van der Waals surface area contributed by atoms with Crippen LogP contribution in [0.2, 0.25) is 0 Å². The third-order valence-electron chi connectivity index (χ3n) is 4.20. The smallest absolute Gasteiger partial charge is 0.310 e.